The van der Waals surface area contributed by atoms with E-state index in [4.69, 9.17) is 0 Å². The maximum Gasteiger partial charge on any atom is 0.329 e. The van der Waals surface area contributed by atoms with Crippen LogP contribution in [0.15, 0.2) is 22.2 Å². The molecular formula is C20H32N4O2. The molecule has 0 unspecified atom stereocenters. The van der Waals surface area contributed by atoms with E-state index in [0.29, 0.717) is 11.2 Å². The van der Waals surface area contributed by atoms with Gasteiger partial charge in [0.1, 0.15) is 5.82 Å². The smallest absolute Gasteiger partial charge is 0.325 e. The van der Waals surface area contributed by atoms with Crippen LogP contribution in [-0.4, -0.2) is 19.1 Å². The van der Waals surface area contributed by atoms with Crippen molar-refractivity contribution < 1.29 is 0 Å². The van der Waals surface area contributed by atoms with E-state index in [-0.39, 0.29) is 5.56 Å². The monoisotopic (exact) mass is 360 g/mol. The highest BCUT2D eigenvalue weighted by molar-refractivity contribution is 5.70. The number of aromatic nitrogens is 4. The number of fused-ring (bicyclic) bond motifs is 1. The normalized spacial score (nSPS) is 11.3. The summed E-state index contributed by atoms with van der Waals surface area (Å²) in [6.07, 6.45) is 15.3. The van der Waals surface area contributed by atoms with Gasteiger partial charge >= 0.3 is 5.69 Å². The molecule has 6 heteroatoms. The first-order valence-corrected chi connectivity index (χ1v) is 9.81. The van der Waals surface area contributed by atoms with Crippen molar-refractivity contribution >= 4 is 11.2 Å². The molecule has 0 saturated heterocycles. The fourth-order valence-corrected chi connectivity index (χ4v) is 3.39. The molecule has 0 saturated carbocycles. The number of nitrogens with zero attached hydrogens (tertiary/aromatic N) is 3. The molecule has 2 aromatic rings. The van der Waals surface area contributed by atoms with Gasteiger partial charge in [-0.3, -0.25) is 14.3 Å². The predicted octanol–water partition coefficient (Wildman–Crippen LogP) is 3.59. The Morgan fingerprint density at radius 2 is 1.50 bits per heavy atom. The molecule has 6 nitrogen and oxygen atoms in total. The second-order valence-electron chi connectivity index (χ2n) is 7.09. The minimum atomic E-state index is -0.420. The van der Waals surface area contributed by atoms with Gasteiger partial charge in [-0.2, -0.15) is 0 Å². The number of unbranched alkanes of at least 4 members (excludes halogenated alkanes) is 9. The molecule has 0 aliphatic rings. The summed E-state index contributed by atoms with van der Waals surface area (Å²) in [4.78, 5) is 30.5. The van der Waals surface area contributed by atoms with Gasteiger partial charge in [0.25, 0.3) is 5.56 Å². The summed E-state index contributed by atoms with van der Waals surface area (Å²) in [5.41, 5.74) is 0.153. The first kappa shape index (κ1) is 20.2. The third kappa shape index (κ3) is 5.19. The van der Waals surface area contributed by atoms with Crippen LogP contribution in [-0.2, 0) is 20.5 Å². The van der Waals surface area contributed by atoms with Crippen LogP contribution in [0.4, 0.5) is 0 Å². The molecule has 0 aliphatic carbocycles. The van der Waals surface area contributed by atoms with Crippen molar-refractivity contribution in [1.29, 1.82) is 0 Å². The third-order valence-electron chi connectivity index (χ3n) is 5.04. The number of hydrogen-bond acceptors (Lipinski definition) is 3. The zero-order valence-corrected chi connectivity index (χ0v) is 16.2. The largest absolute Gasteiger partial charge is 0.329 e. The van der Waals surface area contributed by atoms with Gasteiger partial charge in [0.2, 0.25) is 0 Å². The summed E-state index contributed by atoms with van der Waals surface area (Å²) < 4.78 is 3.21. The van der Waals surface area contributed by atoms with Crippen molar-refractivity contribution in [3.05, 3.63) is 39.3 Å². The topological polar surface area (TPSA) is 72.7 Å². The predicted molar refractivity (Wildman–Crippen MR) is 107 cm³/mol. The Bertz CT molecular complexity index is 829. The number of imidazole rings is 1. The molecule has 0 bridgehead atoms. The van der Waals surface area contributed by atoms with E-state index in [9.17, 15) is 9.59 Å². The Labute approximate surface area is 155 Å². The highest BCUT2D eigenvalue weighted by Gasteiger charge is 2.14. The molecule has 144 valence electrons. The molecular weight excluding hydrogens is 328 g/mol. The van der Waals surface area contributed by atoms with Gasteiger partial charge in [-0.05, 0) is 19.3 Å². The van der Waals surface area contributed by atoms with E-state index in [1.165, 1.54) is 55.9 Å². The van der Waals surface area contributed by atoms with Gasteiger partial charge < -0.3 is 4.57 Å². The summed E-state index contributed by atoms with van der Waals surface area (Å²) in [5.74, 6) is 0.869. The van der Waals surface area contributed by atoms with Crippen molar-refractivity contribution in [2.45, 2.75) is 70.6 Å². The van der Waals surface area contributed by atoms with E-state index in [1.807, 2.05) is 17.7 Å². The van der Waals surface area contributed by atoms with Gasteiger partial charge in [-0.25, -0.2) is 9.78 Å². The second kappa shape index (κ2) is 10.1. The van der Waals surface area contributed by atoms with Crippen molar-refractivity contribution in [1.82, 2.24) is 19.1 Å². The molecule has 0 aromatic carbocycles. The lowest BCUT2D eigenvalue weighted by atomic mass is 10.1. The fourth-order valence-electron chi connectivity index (χ4n) is 3.39. The third-order valence-corrected chi connectivity index (χ3v) is 5.04. The van der Waals surface area contributed by atoms with Crippen LogP contribution in [0.2, 0.25) is 0 Å². The Balaban J connectivity index is 1.72. The summed E-state index contributed by atoms with van der Waals surface area (Å²) >= 11 is 0. The van der Waals surface area contributed by atoms with Gasteiger partial charge in [0.15, 0.2) is 11.2 Å². The summed E-state index contributed by atoms with van der Waals surface area (Å²) in [6, 6.07) is 0. The maximum absolute atomic E-state index is 12.0. The molecule has 0 radical (unpaired) electrons. The average Bonchev–Trinajstić information content (AvgIpc) is 2.95. The van der Waals surface area contributed by atoms with Gasteiger partial charge in [0, 0.05) is 20.5 Å². The summed E-state index contributed by atoms with van der Waals surface area (Å²) in [5, 5.41) is 0. The highest BCUT2D eigenvalue weighted by Crippen LogP contribution is 2.14. The Morgan fingerprint density at radius 1 is 0.923 bits per heavy atom. The van der Waals surface area contributed by atoms with Crippen LogP contribution in [0.1, 0.15) is 70.0 Å². The van der Waals surface area contributed by atoms with Crippen LogP contribution >= 0.6 is 0 Å². The van der Waals surface area contributed by atoms with Crippen LogP contribution in [0.3, 0.4) is 0 Å². The summed E-state index contributed by atoms with van der Waals surface area (Å²) in [7, 11) is 3.48. The first-order valence-electron chi connectivity index (χ1n) is 9.81. The van der Waals surface area contributed by atoms with E-state index in [2.05, 4.69) is 16.5 Å². The van der Waals surface area contributed by atoms with Crippen LogP contribution in [0.5, 0.6) is 0 Å². The van der Waals surface area contributed by atoms with Crippen LogP contribution in [0, 0.1) is 0 Å². The molecule has 1 N–H and O–H groups in total. The molecule has 0 atom stereocenters. The second-order valence-corrected chi connectivity index (χ2v) is 7.09. The van der Waals surface area contributed by atoms with Gasteiger partial charge in [-0.1, -0.05) is 51.0 Å². The lowest BCUT2D eigenvalue weighted by Crippen LogP contribution is -2.29. The van der Waals surface area contributed by atoms with E-state index in [0.717, 1.165) is 25.1 Å². The van der Waals surface area contributed by atoms with Crippen LogP contribution in [0.25, 0.3) is 11.2 Å². The van der Waals surface area contributed by atoms with E-state index < -0.39 is 5.69 Å². The van der Waals surface area contributed by atoms with E-state index in [1.54, 1.807) is 7.05 Å². The standard InChI is InChI=1S/C20H32N4O2/c1-4-5-6-7-8-9-10-11-12-13-14-15-16-21-18-17(23(16)2)19(25)22-20(26)24(18)3/h4H,1,5-15H2,2-3H3,(H,22,25,26). The molecule has 0 amide bonds. The minimum absolute atomic E-state index is 0.363. The fraction of sp³-hybridized carbons (Fsp3) is 0.650. The number of aryl methyl sites for hydroxylation is 3. The first-order chi connectivity index (χ1) is 12.6. The Kier molecular flexibility index (Phi) is 7.88. The molecule has 26 heavy (non-hydrogen) atoms. The zero-order chi connectivity index (χ0) is 18.9. The van der Waals surface area contributed by atoms with Crippen molar-refractivity contribution in [3.63, 3.8) is 0 Å². The molecule has 2 rings (SSSR count). The molecule has 0 aliphatic heterocycles. The van der Waals surface area contributed by atoms with Crippen LogP contribution < -0.4 is 11.2 Å². The number of nitrogens with one attached hydrogen (secondary N) is 1. The van der Waals surface area contributed by atoms with Gasteiger partial charge in [0.05, 0.1) is 0 Å². The number of rotatable bonds is 12. The lowest BCUT2D eigenvalue weighted by Gasteiger charge is -2.03. The molecule has 0 fully saturated rings. The SMILES string of the molecule is C=CCCCCCCCCCCCc1nc2c(c(=O)[nH]c(=O)n2C)n1C. The summed E-state index contributed by atoms with van der Waals surface area (Å²) in [6.45, 7) is 3.75. The Hall–Kier alpha value is -2.11. The quantitative estimate of drug-likeness (QED) is 0.464. The van der Waals surface area contributed by atoms with Crippen molar-refractivity contribution in [2.24, 2.45) is 14.1 Å². The molecule has 0 spiro atoms. The van der Waals surface area contributed by atoms with E-state index >= 15 is 0 Å². The van der Waals surface area contributed by atoms with Crippen molar-refractivity contribution in [3.8, 4) is 0 Å². The van der Waals surface area contributed by atoms with Gasteiger partial charge in [-0.15, -0.1) is 6.58 Å². The molecule has 2 aromatic heterocycles. The molecule has 2 heterocycles. The number of H-pyrrole nitrogens is 1. The number of allylic oxidation sites excluding steroid dienone is 1. The average molecular weight is 361 g/mol. The zero-order valence-electron chi connectivity index (χ0n) is 16.2. The van der Waals surface area contributed by atoms with Crippen molar-refractivity contribution in [2.75, 3.05) is 0 Å². The number of aromatic amines is 1. The highest BCUT2D eigenvalue weighted by atomic mass is 16.2. The minimum Gasteiger partial charge on any atom is -0.325 e. The maximum atomic E-state index is 12.0. The number of hydrogen-bond donors (Lipinski definition) is 1. The Morgan fingerprint density at radius 3 is 2.12 bits per heavy atom. The lowest BCUT2D eigenvalue weighted by molar-refractivity contribution is 0.556.